The second-order valence-corrected chi connectivity index (χ2v) is 10.1. The Morgan fingerprint density at radius 1 is 0.974 bits per heavy atom. The molecule has 1 aliphatic heterocycles. The number of anilines is 2. The van der Waals surface area contributed by atoms with Crippen LogP contribution in [0.1, 0.15) is 55.5 Å². The van der Waals surface area contributed by atoms with Gasteiger partial charge < -0.3 is 14.8 Å². The first-order valence-corrected chi connectivity index (χ1v) is 13.6. The van der Waals surface area contributed by atoms with Crippen LogP contribution in [0.5, 0.6) is 0 Å². The quantitative estimate of drug-likeness (QED) is 0.221. The average molecular weight is 545 g/mol. The summed E-state index contributed by atoms with van der Waals surface area (Å²) >= 11 is 0. The van der Waals surface area contributed by atoms with E-state index in [4.69, 9.17) is 4.98 Å². The number of carbonyl (C=O) groups excluding carboxylic acids is 1. The first kappa shape index (κ1) is 28.4. The molecule has 0 bridgehead atoms. The number of amides is 1. The van der Waals surface area contributed by atoms with Crippen molar-refractivity contribution < 1.29 is 9.18 Å². The average Bonchev–Trinajstić information content (AvgIpc) is 3.30. The molecule has 1 amide bonds. The lowest BCUT2D eigenvalue weighted by molar-refractivity contribution is -0.134. The summed E-state index contributed by atoms with van der Waals surface area (Å²) in [6.45, 7) is 5.94. The molecular weight excluding hydrogens is 507 g/mol. The Morgan fingerprint density at radius 3 is 2.38 bits per heavy atom. The molecule has 39 heavy (non-hydrogen) atoms. The molecule has 1 aliphatic rings. The van der Waals surface area contributed by atoms with Crippen LogP contribution in [0.2, 0.25) is 0 Å². The van der Waals surface area contributed by atoms with E-state index in [-0.39, 0.29) is 31.1 Å². The van der Waals surface area contributed by atoms with Crippen LogP contribution in [-0.4, -0.2) is 26.9 Å². The number of fused-ring (bicyclic) bond motifs is 1. The number of hydrogen-bond donors (Lipinski definition) is 1. The topological polar surface area (TPSA) is 50.2 Å². The van der Waals surface area contributed by atoms with Gasteiger partial charge in [-0.2, -0.15) is 13.5 Å². The Hall–Kier alpha value is -3.58. The zero-order valence-electron chi connectivity index (χ0n) is 22.7. The number of rotatable bonds is 9. The normalized spacial score (nSPS) is 13.4. The van der Waals surface area contributed by atoms with Gasteiger partial charge in [0.1, 0.15) is 23.2 Å². The number of aromatic nitrogens is 2. The Kier molecular flexibility index (Phi) is 9.46. The van der Waals surface area contributed by atoms with Crippen LogP contribution in [0.25, 0.3) is 11.3 Å². The molecule has 204 valence electrons. The number of nitrogens with zero attached hydrogens (tertiary/aromatic N) is 3. The molecule has 0 spiro atoms. The smallest absolute Gasteiger partial charge is 0.230 e. The van der Waals surface area contributed by atoms with Crippen molar-refractivity contribution in [2.24, 2.45) is 0 Å². The lowest BCUT2D eigenvalue weighted by Gasteiger charge is -2.32. The molecule has 0 aliphatic carbocycles. The van der Waals surface area contributed by atoms with E-state index in [1.807, 2.05) is 35.2 Å². The third kappa shape index (κ3) is 6.53. The molecule has 1 atom stereocenters. The molecule has 7 heteroatoms. The van der Waals surface area contributed by atoms with Gasteiger partial charge in [0.25, 0.3) is 0 Å². The van der Waals surface area contributed by atoms with Crippen LogP contribution in [-0.2, 0) is 17.9 Å². The number of aryl methyl sites for hydroxylation is 1. The molecule has 2 heterocycles. The number of halogens is 1. The molecule has 5 rings (SSSR count). The molecule has 4 aromatic rings. The highest BCUT2D eigenvalue weighted by Gasteiger charge is 2.31. The molecule has 1 N–H and O–H groups in total. The Balaban J connectivity index is 0.00000353. The molecule has 0 saturated heterocycles. The first-order valence-electron chi connectivity index (χ1n) is 13.6. The highest BCUT2D eigenvalue weighted by molar-refractivity contribution is 7.59. The van der Waals surface area contributed by atoms with Crippen LogP contribution in [0.15, 0.2) is 78.9 Å². The molecule has 0 unspecified atom stereocenters. The van der Waals surface area contributed by atoms with Gasteiger partial charge in [-0.05, 0) is 55.3 Å². The highest BCUT2D eigenvalue weighted by atomic mass is 32.1. The zero-order valence-corrected chi connectivity index (χ0v) is 23.7. The molecule has 1 aromatic heterocycles. The first-order chi connectivity index (χ1) is 18.5. The summed E-state index contributed by atoms with van der Waals surface area (Å²) in [4.78, 5) is 20.8. The number of carbonyl (C=O) groups is 1. The second-order valence-electron chi connectivity index (χ2n) is 10.1. The van der Waals surface area contributed by atoms with Crippen molar-refractivity contribution in [3.8, 4) is 11.3 Å². The zero-order chi connectivity index (χ0) is 26.5. The summed E-state index contributed by atoms with van der Waals surface area (Å²) < 4.78 is 15.9. The van der Waals surface area contributed by atoms with Crippen LogP contribution in [0.4, 0.5) is 15.9 Å². The highest BCUT2D eigenvalue weighted by Crippen LogP contribution is 2.34. The lowest BCUT2D eigenvalue weighted by Crippen LogP contribution is -2.41. The maximum Gasteiger partial charge on any atom is 0.230 e. The molecule has 3 aromatic carbocycles. The minimum Gasteiger partial charge on any atom is -0.340 e. The maximum atomic E-state index is 13.9. The standard InChI is InChI=1S/C32H35FN4O.H2S/c1-3-4-6-11-28(24-9-7-5-8-10-24)32(38)36-20-21-37-29(22-36)35-30(25-14-16-26(33)17-15-25)31(37)34-27-18-12-23(2)13-19-27;/h5,7-10,12-19,28,34H,3-4,6,11,20-22H2,1-2H3;1H2/t28-;/m0./s1. The Labute approximate surface area is 237 Å². The van der Waals surface area contributed by atoms with Gasteiger partial charge in [0.05, 0.1) is 12.5 Å². The molecule has 0 radical (unpaired) electrons. The van der Waals surface area contributed by atoms with Crippen LogP contribution in [0, 0.1) is 12.7 Å². The summed E-state index contributed by atoms with van der Waals surface area (Å²) in [6.07, 6.45) is 4.13. The minimum atomic E-state index is -0.280. The van der Waals surface area contributed by atoms with Crippen molar-refractivity contribution >= 4 is 30.9 Å². The van der Waals surface area contributed by atoms with E-state index in [9.17, 15) is 9.18 Å². The third-order valence-corrected chi connectivity index (χ3v) is 7.31. The largest absolute Gasteiger partial charge is 0.340 e. The van der Waals surface area contributed by atoms with E-state index in [0.717, 1.165) is 59.8 Å². The van der Waals surface area contributed by atoms with Crippen molar-refractivity contribution in [3.63, 3.8) is 0 Å². The van der Waals surface area contributed by atoms with Crippen molar-refractivity contribution in [3.05, 3.63) is 102 Å². The minimum absolute atomic E-state index is 0. The van der Waals surface area contributed by atoms with Gasteiger partial charge in [-0.25, -0.2) is 9.37 Å². The maximum absolute atomic E-state index is 13.9. The predicted octanol–water partition coefficient (Wildman–Crippen LogP) is 7.56. The molecule has 0 saturated carbocycles. The fourth-order valence-electron chi connectivity index (χ4n) is 5.17. The van der Waals surface area contributed by atoms with Gasteiger partial charge in [-0.1, -0.05) is 74.2 Å². The summed E-state index contributed by atoms with van der Waals surface area (Å²) in [7, 11) is 0. The van der Waals surface area contributed by atoms with Crippen molar-refractivity contribution in [1.82, 2.24) is 14.5 Å². The SMILES string of the molecule is CCCCC[C@H](C(=O)N1CCn2c(nc(-c3ccc(F)cc3)c2Nc2ccc(C)cc2)C1)c1ccccc1.S. The van der Waals surface area contributed by atoms with E-state index in [1.54, 1.807) is 12.1 Å². The van der Waals surface area contributed by atoms with E-state index in [2.05, 4.69) is 48.0 Å². The van der Waals surface area contributed by atoms with Gasteiger partial charge in [0.15, 0.2) is 0 Å². The number of imidazole rings is 1. The van der Waals surface area contributed by atoms with E-state index in [1.165, 1.54) is 17.7 Å². The lowest BCUT2D eigenvalue weighted by atomic mass is 9.91. The summed E-state index contributed by atoms with van der Waals surface area (Å²) in [6, 6.07) is 24.8. The Morgan fingerprint density at radius 2 is 1.69 bits per heavy atom. The number of benzene rings is 3. The number of nitrogens with one attached hydrogen (secondary N) is 1. The molecule has 0 fully saturated rings. The summed E-state index contributed by atoms with van der Waals surface area (Å²) in [5.74, 6) is 1.44. The van der Waals surface area contributed by atoms with E-state index >= 15 is 0 Å². The summed E-state index contributed by atoms with van der Waals surface area (Å²) in [5, 5.41) is 3.55. The number of hydrogen-bond acceptors (Lipinski definition) is 3. The summed E-state index contributed by atoms with van der Waals surface area (Å²) in [5.41, 5.74) is 4.82. The second kappa shape index (κ2) is 13.0. The fraction of sp³-hybridized carbons (Fsp3) is 0.312. The van der Waals surface area contributed by atoms with Crippen LogP contribution < -0.4 is 5.32 Å². The van der Waals surface area contributed by atoms with Gasteiger partial charge >= 0.3 is 0 Å². The van der Waals surface area contributed by atoms with Crippen molar-refractivity contribution in [2.75, 3.05) is 11.9 Å². The third-order valence-electron chi connectivity index (χ3n) is 7.31. The fourth-order valence-corrected chi connectivity index (χ4v) is 5.17. The van der Waals surface area contributed by atoms with Crippen molar-refractivity contribution in [2.45, 2.75) is 58.5 Å². The van der Waals surface area contributed by atoms with Gasteiger partial charge in [-0.15, -0.1) is 0 Å². The Bertz CT molecular complexity index is 1370. The van der Waals surface area contributed by atoms with Crippen LogP contribution >= 0.6 is 13.5 Å². The predicted molar refractivity (Wildman–Crippen MR) is 161 cm³/mol. The van der Waals surface area contributed by atoms with Crippen LogP contribution in [0.3, 0.4) is 0 Å². The van der Waals surface area contributed by atoms with E-state index < -0.39 is 0 Å². The van der Waals surface area contributed by atoms with Gasteiger partial charge in [0, 0.05) is 24.3 Å². The molecule has 5 nitrogen and oxygen atoms in total. The van der Waals surface area contributed by atoms with E-state index in [0.29, 0.717) is 19.6 Å². The van der Waals surface area contributed by atoms with Crippen molar-refractivity contribution in [1.29, 1.82) is 0 Å². The monoisotopic (exact) mass is 544 g/mol. The van der Waals surface area contributed by atoms with Gasteiger partial charge in [0.2, 0.25) is 5.91 Å². The van der Waals surface area contributed by atoms with Gasteiger partial charge in [-0.3, -0.25) is 4.79 Å². The molecular formula is C32H37FN4OS. The number of unbranched alkanes of at least 4 members (excludes halogenated alkanes) is 2.